The molecule has 2 aromatic heterocycles. The van der Waals surface area contributed by atoms with Crippen LogP contribution in [0.15, 0.2) is 29.3 Å². The lowest BCUT2D eigenvalue weighted by Gasteiger charge is -2.32. The fourth-order valence-corrected chi connectivity index (χ4v) is 3.13. The molecule has 3 rings (SSSR count). The Hall–Kier alpha value is -2.58. The van der Waals surface area contributed by atoms with Crippen LogP contribution in [0.25, 0.3) is 0 Å². The van der Waals surface area contributed by atoms with Gasteiger partial charge in [0.15, 0.2) is 5.69 Å². The molecule has 3 heterocycles. The van der Waals surface area contributed by atoms with E-state index in [0.717, 1.165) is 6.20 Å². The molecular weight excluding hydrogens is 337 g/mol. The Kier molecular flexibility index (Phi) is 4.40. The zero-order valence-corrected chi connectivity index (χ0v) is 13.5. The van der Waals surface area contributed by atoms with Gasteiger partial charge in [-0.3, -0.25) is 9.59 Å². The van der Waals surface area contributed by atoms with Crippen LogP contribution in [0.4, 0.5) is 13.2 Å². The number of aryl methyl sites for hydroxylation is 1. The number of nitrogens with one attached hydrogen (secondary N) is 1. The molecule has 1 aliphatic rings. The number of hydrogen-bond donors (Lipinski definition) is 1. The summed E-state index contributed by atoms with van der Waals surface area (Å²) < 4.78 is 39.9. The highest BCUT2D eigenvalue weighted by atomic mass is 19.4. The minimum Gasteiger partial charge on any atom is -0.338 e. The number of halogens is 3. The first kappa shape index (κ1) is 17.2. The van der Waals surface area contributed by atoms with Gasteiger partial charge in [0, 0.05) is 50.1 Å². The molecule has 1 atom stereocenters. The predicted octanol–water partition coefficient (Wildman–Crippen LogP) is 2.15. The lowest BCUT2D eigenvalue weighted by Crippen LogP contribution is -2.40. The number of alkyl halides is 3. The summed E-state index contributed by atoms with van der Waals surface area (Å²) >= 11 is 0. The highest BCUT2D eigenvalue weighted by Crippen LogP contribution is 2.32. The standard InChI is InChI=1S/C16H17F3N4O2/c1-22-9-12(16(17,18)19)21-14(22)11-3-2-6-23(8-11)15(25)10-4-5-20-13(24)7-10/h4-5,7,9,11H,2-3,6,8H2,1H3,(H,20,24)/t11-/m1/s1. The molecule has 134 valence electrons. The molecule has 1 saturated heterocycles. The Bertz CT molecular complexity index is 840. The van der Waals surface area contributed by atoms with Crippen molar-refractivity contribution in [2.45, 2.75) is 24.9 Å². The Morgan fingerprint density at radius 1 is 1.40 bits per heavy atom. The number of aromatic nitrogens is 3. The molecule has 0 saturated carbocycles. The van der Waals surface area contributed by atoms with Crippen LogP contribution in [-0.4, -0.2) is 38.4 Å². The summed E-state index contributed by atoms with van der Waals surface area (Å²) in [5.41, 5.74) is -1.04. The number of hydrogen-bond acceptors (Lipinski definition) is 3. The van der Waals surface area contributed by atoms with E-state index in [1.54, 1.807) is 4.90 Å². The van der Waals surface area contributed by atoms with Gasteiger partial charge in [0.25, 0.3) is 5.91 Å². The Balaban J connectivity index is 1.81. The van der Waals surface area contributed by atoms with Gasteiger partial charge in [-0.2, -0.15) is 13.2 Å². The predicted molar refractivity (Wildman–Crippen MR) is 83.2 cm³/mol. The number of rotatable bonds is 2. The van der Waals surface area contributed by atoms with E-state index in [0.29, 0.717) is 25.2 Å². The lowest BCUT2D eigenvalue weighted by atomic mass is 9.96. The normalized spacial score (nSPS) is 18.4. The van der Waals surface area contributed by atoms with Gasteiger partial charge in [0.1, 0.15) is 5.82 Å². The van der Waals surface area contributed by atoms with Crippen molar-refractivity contribution in [1.82, 2.24) is 19.4 Å². The molecule has 2 aromatic rings. The quantitative estimate of drug-likeness (QED) is 0.898. The largest absolute Gasteiger partial charge is 0.434 e. The number of likely N-dealkylation sites (tertiary alicyclic amines) is 1. The summed E-state index contributed by atoms with van der Waals surface area (Å²) in [7, 11) is 1.52. The van der Waals surface area contributed by atoms with Crippen LogP contribution < -0.4 is 5.56 Å². The van der Waals surface area contributed by atoms with Gasteiger partial charge >= 0.3 is 6.18 Å². The third kappa shape index (κ3) is 3.59. The molecule has 1 aliphatic heterocycles. The second-order valence-corrected chi connectivity index (χ2v) is 6.12. The van der Waals surface area contributed by atoms with Crippen molar-refractivity contribution in [3.8, 4) is 0 Å². The van der Waals surface area contributed by atoms with Crippen molar-refractivity contribution < 1.29 is 18.0 Å². The molecule has 1 N–H and O–H groups in total. The number of pyridine rings is 1. The molecule has 0 bridgehead atoms. The van der Waals surface area contributed by atoms with Gasteiger partial charge in [-0.05, 0) is 18.9 Å². The maximum Gasteiger partial charge on any atom is 0.434 e. The molecule has 9 heteroatoms. The SMILES string of the molecule is Cn1cc(C(F)(F)F)nc1[C@@H]1CCCN(C(=O)c2cc[nH]c(=O)c2)C1. The zero-order valence-electron chi connectivity index (χ0n) is 13.5. The molecule has 0 radical (unpaired) electrons. The highest BCUT2D eigenvalue weighted by Gasteiger charge is 2.36. The lowest BCUT2D eigenvalue weighted by molar-refractivity contribution is -0.141. The Morgan fingerprint density at radius 2 is 2.16 bits per heavy atom. The fourth-order valence-electron chi connectivity index (χ4n) is 3.13. The van der Waals surface area contributed by atoms with Gasteiger partial charge in [-0.15, -0.1) is 0 Å². The van der Waals surface area contributed by atoms with E-state index in [4.69, 9.17) is 0 Å². The van der Waals surface area contributed by atoms with Crippen LogP contribution in [0.2, 0.25) is 0 Å². The van der Waals surface area contributed by atoms with Crippen LogP contribution >= 0.6 is 0 Å². The third-order valence-corrected chi connectivity index (χ3v) is 4.30. The van der Waals surface area contributed by atoms with Crippen LogP contribution in [0.5, 0.6) is 0 Å². The second kappa shape index (κ2) is 6.38. The van der Waals surface area contributed by atoms with Crippen LogP contribution in [0.3, 0.4) is 0 Å². The van der Waals surface area contributed by atoms with Crippen LogP contribution in [0.1, 0.15) is 40.6 Å². The van der Waals surface area contributed by atoms with E-state index in [2.05, 4.69) is 9.97 Å². The van der Waals surface area contributed by atoms with E-state index >= 15 is 0 Å². The topological polar surface area (TPSA) is 71.0 Å². The number of aromatic amines is 1. The Labute approximate surface area is 141 Å². The first-order chi connectivity index (χ1) is 11.8. The van der Waals surface area contributed by atoms with Crippen molar-refractivity contribution in [1.29, 1.82) is 0 Å². The molecule has 0 unspecified atom stereocenters. The van der Waals surface area contributed by atoms with Gasteiger partial charge in [-0.1, -0.05) is 0 Å². The van der Waals surface area contributed by atoms with Gasteiger partial charge < -0.3 is 14.5 Å². The van der Waals surface area contributed by atoms with Crippen molar-refractivity contribution in [3.05, 3.63) is 52.0 Å². The van der Waals surface area contributed by atoms with E-state index in [-0.39, 0.29) is 29.5 Å². The number of amides is 1. The molecule has 0 aliphatic carbocycles. The number of H-pyrrole nitrogens is 1. The molecule has 6 nitrogen and oxygen atoms in total. The molecule has 1 amide bonds. The van der Waals surface area contributed by atoms with Crippen molar-refractivity contribution in [2.24, 2.45) is 7.05 Å². The summed E-state index contributed by atoms with van der Waals surface area (Å²) in [5, 5.41) is 0. The van der Waals surface area contributed by atoms with Gasteiger partial charge in [0.05, 0.1) is 0 Å². The molecular formula is C16H17F3N4O2. The summed E-state index contributed by atoms with van der Waals surface area (Å²) in [6.45, 7) is 0.770. The van der Waals surface area contributed by atoms with Gasteiger partial charge in [-0.25, -0.2) is 4.98 Å². The van der Waals surface area contributed by atoms with E-state index < -0.39 is 11.9 Å². The number of carbonyl (C=O) groups excluding carboxylic acids is 1. The average molecular weight is 354 g/mol. The van der Waals surface area contributed by atoms with Crippen molar-refractivity contribution >= 4 is 5.91 Å². The molecule has 25 heavy (non-hydrogen) atoms. The number of imidazole rings is 1. The summed E-state index contributed by atoms with van der Waals surface area (Å²) in [6.07, 6.45) is -0.821. The van der Waals surface area contributed by atoms with Crippen molar-refractivity contribution in [3.63, 3.8) is 0 Å². The van der Waals surface area contributed by atoms with Gasteiger partial charge in [0.2, 0.25) is 5.56 Å². The fraction of sp³-hybridized carbons (Fsp3) is 0.438. The average Bonchev–Trinajstić information content (AvgIpc) is 2.96. The van der Waals surface area contributed by atoms with Crippen LogP contribution in [0, 0.1) is 0 Å². The first-order valence-electron chi connectivity index (χ1n) is 7.84. The van der Waals surface area contributed by atoms with E-state index in [1.807, 2.05) is 0 Å². The summed E-state index contributed by atoms with van der Waals surface area (Å²) in [5.74, 6) is -0.266. The smallest absolute Gasteiger partial charge is 0.338 e. The number of carbonyl (C=O) groups is 1. The number of nitrogens with zero attached hydrogens (tertiary/aromatic N) is 3. The Morgan fingerprint density at radius 3 is 2.80 bits per heavy atom. The molecule has 1 fully saturated rings. The molecule has 0 aromatic carbocycles. The minimum atomic E-state index is -4.49. The summed E-state index contributed by atoms with van der Waals surface area (Å²) in [4.78, 5) is 31.6. The van der Waals surface area contributed by atoms with Crippen molar-refractivity contribution in [2.75, 3.05) is 13.1 Å². The first-order valence-corrected chi connectivity index (χ1v) is 7.84. The monoisotopic (exact) mass is 354 g/mol. The summed E-state index contributed by atoms with van der Waals surface area (Å²) in [6, 6.07) is 2.73. The maximum atomic E-state index is 12.8. The van der Waals surface area contributed by atoms with Crippen LogP contribution in [-0.2, 0) is 13.2 Å². The highest BCUT2D eigenvalue weighted by molar-refractivity contribution is 5.94. The van der Waals surface area contributed by atoms with E-state index in [9.17, 15) is 22.8 Å². The third-order valence-electron chi connectivity index (χ3n) is 4.30. The maximum absolute atomic E-state index is 12.8. The van der Waals surface area contributed by atoms with E-state index in [1.165, 1.54) is 29.9 Å². The molecule has 0 spiro atoms. The second-order valence-electron chi connectivity index (χ2n) is 6.12. The zero-order chi connectivity index (χ0) is 18.2. The minimum absolute atomic E-state index is 0.264. The number of piperidine rings is 1.